The van der Waals surface area contributed by atoms with Gasteiger partial charge < -0.3 is 9.80 Å². The zero-order valence-corrected chi connectivity index (χ0v) is 18.2. The van der Waals surface area contributed by atoms with Crippen LogP contribution in [0.15, 0.2) is 61.7 Å². The minimum absolute atomic E-state index is 0. The van der Waals surface area contributed by atoms with Gasteiger partial charge in [0.05, 0.1) is 0 Å². The Labute approximate surface area is 191 Å². The molecule has 2 aromatic rings. The van der Waals surface area contributed by atoms with Gasteiger partial charge in [0.1, 0.15) is 0 Å². The largest absolute Gasteiger partial charge is 1.00 e. The molecule has 2 aliphatic rings. The maximum absolute atomic E-state index is 10.7. The Kier molecular flexibility index (Phi) is 8.46. The molecule has 178 valence electrons. The van der Waals surface area contributed by atoms with Gasteiger partial charge in [0.2, 0.25) is 25.2 Å². The molecule has 0 amide bonds. The van der Waals surface area contributed by atoms with Gasteiger partial charge in [-0.15, -0.1) is 0 Å². The van der Waals surface area contributed by atoms with E-state index in [2.05, 4.69) is 33.3 Å². The third-order valence-corrected chi connectivity index (χ3v) is 2.94. The fraction of sp³-hybridized carbons (Fsp3) is 0.125. The Balaban J connectivity index is 0.000000246. The zero-order valence-electron chi connectivity index (χ0n) is 16.4. The van der Waals surface area contributed by atoms with Crippen LogP contribution in [0.3, 0.4) is 0 Å². The molecule has 4 radical (unpaired) electrons. The fourth-order valence-corrected chi connectivity index (χ4v) is 1.86. The van der Waals surface area contributed by atoms with E-state index in [-0.39, 0.29) is 17.1 Å². The van der Waals surface area contributed by atoms with Crippen molar-refractivity contribution in [1.29, 1.82) is 0 Å². The van der Waals surface area contributed by atoms with E-state index in [1.165, 1.54) is 0 Å². The van der Waals surface area contributed by atoms with Gasteiger partial charge in [-0.1, -0.05) is 0 Å². The van der Waals surface area contributed by atoms with Gasteiger partial charge in [-0.05, 0) is 12.1 Å². The van der Waals surface area contributed by atoms with Crippen molar-refractivity contribution in [3.8, 4) is 0 Å². The average molecular weight is 529 g/mol. The normalized spacial score (nSPS) is 16.9. The molecule has 32 heavy (non-hydrogen) atoms. The molecule has 4 rings (SSSR count). The molecule has 4 heterocycles. The maximum Gasteiger partial charge on any atom is 1.00 e. The summed E-state index contributed by atoms with van der Waals surface area (Å²) in [4.78, 5) is 23.4. The Morgan fingerprint density at radius 3 is 1.12 bits per heavy atom. The summed E-state index contributed by atoms with van der Waals surface area (Å²) in [6.45, 7) is 6.00. The number of nitrogens with zero attached hydrogens (tertiary/aromatic N) is 8. The summed E-state index contributed by atoms with van der Waals surface area (Å²) in [6.07, 6.45) is 14.3. The summed E-state index contributed by atoms with van der Waals surface area (Å²) in [5.41, 5.74) is 0. The van der Waals surface area contributed by atoms with Crippen LogP contribution in [-0.2, 0) is 17.1 Å². The predicted octanol–water partition coefficient (Wildman–Crippen LogP) is 4.77. The van der Waals surface area contributed by atoms with Crippen LogP contribution in [0.1, 0.15) is 0 Å². The van der Waals surface area contributed by atoms with Gasteiger partial charge in [-0.2, -0.15) is 0 Å². The van der Waals surface area contributed by atoms with E-state index < -0.39 is 7.81 Å². The van der Waals surface area contributed by atoms with Crippen LogP contribution in [-0.4, -0.2) is 43.8 Å². The first-order valence-electron chi connectivity index (χ1n) is 8.21. The summed E-state index contributed by atoms with van der Waals surface area (Å²) in [5.74, 6) is 1.27. The van der Waals surface area contributed by atoms with Crippen molar-refractivity contribution in [3.05, 3.63) is 75.1 Å². The molecule has 0 N–H and O–H groups in total. The SMILES string of the molecule is CN1[C]N(c2ncccn2)C=C1.CN1[C]N(c2ncccn2)C=C1.F[P-](F)(F)(F)(F)F.[Cu+]. The molecular formula is C16H16CuF6N8P. The molecule has 0 atom stereocenters. The van der Waals surface area contributed by atoms with Crippen LogP contribution in [0.2, 0.25) is 0 Å². The number of rotatable bonds is 2. The molecule has 0 aliphatic carbocycles. The van der Waals surface area contributed by atoms with Crippen LogP contribution in [0.4, 0.5) is 37.1 Å². The van der Waals surface area contributed by atoms with Crippen molar-refractivity contribution < 1.29 is 42.3 Å². The Morgan fingerprint density at radius 1 is 0.625 bits per heavy atom. The smallest absolute Gasteiger partial charge is 1.00 e. The molecule has 0 unspecified atom stereocenters. The standard InChI is InChI=1S/2C8H8N4.Cu.F6P/c2*1-11-5-6-12(7-11)8-9-3-2-4-10-8;;1-7(2,3,4,5)6/h2*2-6H,1H3;;/q;;+1;-1. The van der Waals surface area contributed by atoms with E-state index in [1.807, 2.05) is 48.7 Å². The van der Waals surface area contributed by atoms with E-state index >= 15 is 0 Å². The summed E-state index contributed by atoms with van der Waals surface area (Å²) >= 11 is 0. The van der Waals surface area contributed by atoms with Crippen LogP contribution >= 0.6 is 7.81 Å². The summed E-state index contributed by atoms with van der Waals surface area (Å²) in [5, 5.41) is 0. The number of anilines is 2. The van der Waals surface area contributed by atoms with Crippen LogP contribution in [0.25, 0.3) is 0 Å². The molecule has 0 spiro atoms. The summed E-state index contributed by atoms with van der Waals surface area (Å²) < 4.78 is 59.2. The first-order valence-corrected chi connectivity index (χ1v) is 10.2. The second-order valence-corrected chi connectivity index (χ2v) is 7.73. The molecular weight excluding hydrogens is 513 g/mol. The molecule has 0 aromatic carbocycles. The number of hydrogen-bond acceptors (Lipinski definition) is 8. The second kappa shape index (κ2) is 9.88. The molecule has 8 nitrogen and oxygen atoms in total. The number of halogens is 6. The topological polar surface area (TPSA) is 64.5 Å². The van der Waals surface area contributed by atoms with Crippen molar-refractivity contribution in [2.45, 2.75) is 0 Å². The first kappa shape index (κ1) is 27.4. The van der Waals surface area contributed by atoms with E-state index in [4.69, 9.17) is 0 Å². The van der Waals surface area contributed by atoms with Crippen LogP contribution < -0.4 is 9.80 Å². The summed E-state index contributed by atoms with van der Waals surface area (Å²) in [6, 6.07) is 3.57. The van der Waals surface area contributed by atoms with E-state index in [9.17, 15) is 25.2 Å². The van der Waals surface area contributed by atoms with Gasteiger partial charge in [0.25, 0.3) is 0 Å². The molecule has 0 saturated heterocycles. The van der Waals surface area contributed by atoms with Gasteiger partial charge >= 0.3 is 50.1 Å². The van der Waals surface area contributed by atoms with E-state index in [1.54, 1.807) is 46.7 Å². The van der Waals surface area contributed by atoms with Gasteiger partial charge in [0.15, 0.2) is 0 Å². The minimum Gasteiger partial charge on any atom is 1.00 e. The van der Waals surface area contributed by atoms with Crippen LogP contribution in [0.5, 0.6) is 0 Å². The zero-order chi connectivity index (χ0) is 23.2. The van der Waals surface area contributed by atoms with E-state index in [0.29, 0.717) is 11.9 Å². The summed E-state index contributed by atoms with van der Waals surface area (Å²) in [7, 11) is -6.85. The third kappa shape index (κ3) is 12.3. The van der Waals surface area contributed by atoms with Crippen molar-refractivity contribution in [2.75, 3.05) is 23.9 Å². The molecule has 0 saturated carbocycles. The molecule has 0 fully saturated rings. The van der Waals surface area contributed by atoms with Gasteiger partial charge in [-0.3, -0.25) is 9.80 Å². The van der Waals surface area contributed by atoms with Crippen molar-refractivity contribution in [2.24, 2.45) is 0 Å². The molecule has 0 bridgehead atoms. The second-order valence-electron chi connectivity index (χ2n) is 5.81. The van der Waals surface area contributed by atoms with Gasteiger partial charge in [0, 0.05) is 63.7 Å². The number of aromatic nitrogens is 4. The van der Waals surface area contributed by atoms with Crippen LogP contribution in [0, 0.1) is 13.3 Å². The number of hydrogen-bond donors (Lipinski definition) is 0. The first-order chi connectivity index (χ1) is 14.2. The molecule has 2 aromatic heterocycles. The van der Waals surface area contributed by atoms with Gasteiger partial charge in [-0.25, -0.2) is 19.9 Å². The maximum atomic E-state index is 9.87. The minimum atomic E-state index is -10.7. The van der Waals surface area contributed by atoms with E-state index in [0.717, 1.165) is 0 Å². The average Bonchev–Trinajstić information content (AvgIpc) is 3.30. The fourth-order valence-electron chi connectivity index (χ4n) is 1.86. The quantitative estimate of drug-likeness (QED) is 0.314. The Bertz CT molecular complexity index is 829. The predicted molar refractivity (Wildman–Crippen MR) is 103 cm³/mol. The molecule has 2 aliphatic heterocycles. The van der Waals surface area contributed by atoms with Crippen molar-refractivity contribution in [1.82, 2.24) is 29.7 Å². The van der Waals surface area contributed by atoms with Crippen molar-refractivity contribution in [3.63, 3.8) is 0 Å². The third-order valence-electron chi connectivity index (χ3n) is 2.94. The molecule has 16 heteroatoms. The van der Waals surface area contributed by atoms with Crippen molar-refractivity contribution >= 4 is 19.7 Å². The Hall–Kier alpha value is -2.63. The Morgan fingerprint density at radius 2 is 0.906 bits per heavy atom. The monoisotopic (exact) mass is 528 g/mol.